The lowest BCUT2D eigenvalue weighted by atomic mass is 10.1. The summed E-state index contributed by atoms with van der Waals surface area (Å²) in [7, 11) is 0. The molecule has 0 aliphatic carbocycles. The Morgan fingerprint density at radius 1 is 1.21 bits per heavy atom. The zero-order valence-corrected chi connectivity index (χ0v) is 12.6. The number of rotatable bonds is 7. The fourth-order valence-corrected chi connectivity index (χ4v) is 2.09. The van der Waals surface area contributed by atoms with E-state index < -0.39 is 22.8 Å². The number of carbonyl (C=O) groups is 1. The molecule has 0 fully saturated rings. The molecular formula is C16H16FN3O4. The van der Waals surface area contributed by atoms with Gasteiger partial charge in [0.15, 0.2) is 0 Å². The minimum atomic E-state index is -1.18. The minimum Gasteiger partial charge on any atom is -0.386 e. The Bertz CT molecular complexity index is 739. The normalized spacial score (nSPS) is 11.6. The van der Waals surface area contributed by atoms with Crippen LogP contribution in [0.15, 0.2) is 48.5 Å². The maximum absolute atomic E-state index is 13.5. The number of nitro benzene ring substituents is 1. The van der Waals surface area contributed by atoms with Gasteiger partial charge in [-0.2, -0.15) is 0 Å². The third-order valence-corrected chi connectivity index (χ3v) is 3.30. The molecule has 3 N–H and O–H groups in total. The number of amides is 1. The summed E-state index contributed by atoms with van der Waals surface area (Å²) in [6.07, 6.45) is -1.18. The number of nitro groups is 1. The molecule has 0 aromatic heterocycles. The Morgan fingerprint density at radius 3 is 2.58 bits per heavy atom. The number of para-hydroxylation sites is 2. The van der Waals surface area contributed by atoms with E-state index in [1.54, 1.807) is 12.1 Å². The van der Waals surface area contributed by atoms with Gasteiger partial charge < -0.3 is 15.7 Å². The van der Waals surface area contributed by atoms with Crippen molar-refractivity contribution in [3.05, 3.63) is 70.0 Å². The van der Waals surface area contributed by atoms with E-state index in [9.17, 15) is 24.4 Å². The first-order chi connectivity index (χ1) is 11.5. The van der Waals surface area contributed by atoms with Crippen molar-refractivity contribution >= 4 is 17.3 Å². The van der Waals surface area contributed by atoms with Gasteiger partial charge in [0.25, 0.3) is 5.69 Å². The number of nitrogens with one attached hydrogen (secondary N) is 2. The molecule has 0 aliphatic rings. The summed E-state index contributed by atoms with van der Waals surface area (Å²) in [5.74, 6) is -1.04. The molecule has 8 heteroatoms. The quantitative estimate of drug-likeness (QED) is 0.531. The van der Waals surface area contributed by atoms with Crippen molar-refractivity contribution in [1.29, 1.82) is 0 Å². The van der Waals surface area contributed by atoms with Crippen molar-refractivity contribution in [3.63, 3.8) is 0 Å². The molecule has 1 atom stereocenters. The number of benzene rings is 2. The smallest absolute Gasteiger partial charge is 0.292 e. The molecule has 0 bridgehead atoms. The Kier molecular flexibility index (Phi) is 5.80. The number of halogens is 1. The van der Waals surface area contributed by atoms with E-state index in [0.717, 1.165) is 0 Å². The van der Waals surface area contributed by atoms with Crippen LogP contribution in [0.5, 0.6) is 0 Å². The number of nitrogens with zero attached hydrogens (tertiary/aromatic N) is 1. The van der Waals surface area contributed by atoms with E-state index in [1.807, 2.05) is 0 Å². The van der Waals surface area contributed by atoms with Crippen molar-refractivity contribution in [2.75, 3.05) is 18.4 Å². The summed E-state index contributed by atoms with van der Waals surface area (Å²) in [5, 5.41) is 25.9. The van der Waals surface area contributed by atoms with Crippen LogP contribution in [0, 0.1) is 15.9 Å². The predicted octanol–water partition coefficient (Wildman–Crippen LogP) is 2.00. The van der Waals surface area contributed by atoms with Crippen molar-refractivity contribution in [1.82, 2.24) is 5.32 Å². The number of aliphatic hydroxyl groups is 1. The predicted molar refractivity (Wildman–Crippen MR) is 86.0 cm³/mol. The third kappa shape index (κ3) is 4.50. The Morgan fingerprint density at radius 2 is 1.88 bits per heavy atom. The number of hydrogen-bond donors (Lipinski definition) is 3. The highest BCUT2D eigenvalue weighted by Gasteiger charge is 2.15. The van der Waals surface area contributed by atoms with Crippen LogP contribution >= 0.6 is 0 Å². The summed E-state index contributed by atoms with van der Waals surface area (Å²) in [5.41, 5.74) is 0.161. The summed E-state index contributed by atoms with van der Waals surface area (Å²) in [6, 6.07) is 11.7. The van der Waals surface area contributed by atoms with Gasteiger partial charge in [-0.3, -0.25) is 14.9 Å². The Hall–Kier alpha value is -3.00. The van der Waals surface area contributed by atoms with E-state index >= 15 is 0 Å². The molecule has 2 aromatic carbocycles. The zero-order chi connectivity index (χ0) is 17.5. The van der Waals surface area contributed by atoms with Gasteiger partial charge in [-0.15, -0.1) is 0 Å². The largest absolute Gasteiger partial charge is 0.386 e. The molecule has 1 unspecified atom stereocenters. The molecule has 24 heavy (non-hydrogen) atoms. The molecule has 7 nitrogen and oxygen atoms in total. The van der Waals surface area contributed by atoms with Gasteiger partial charge in [-0.25, -0.2) is 4.39 Å². The lowest BCUT2D eigenvalue weighted by molar-refractivity contribution is -0.383. The fraction of sp³-hybridized carbons (Fsp3) is 0.188. The second-order valence-corrected chi connectivity index (χ2v) is 4.97. The van der Waals surface area contributed by atoms with Gasteiger partial charge in [0.05, 0.1) is 17.6 Å². The lowest BCUT2D eigenvalue weighted by Crippen LogP contribution is -2.33. The first-order valence-electron chi connectivity index (χ1n) is 7.15. The fourth-order valence-electron chi connectivity index (χ4n) is 2.09. The summed E-state index contributed by atoms with van der Waals surface area (Å²) in [4.78, 5) is 22.1. The summed E-state index contributed by atoms with van der Waals surface area (Å²) < 4.78 is 13.5. The van der Waals surface area contributed by atoms with E-state index in [4.69, 9.17) is 0 Å². The molecule has 1 amide bonds. The molecule has 0 aliphatic heterocycles. The van der Waals surface area contributed by atoms with Gasteiger partial charge >= 0.3 is 0 Å². The van der Waals surface area contributed by atoms with Gasteiger partial charge in [0.2, 0.25) is 5.91 Å². The van der Waals surface area contributed by atoms with Crippen LogP contribution < -0.4 is 10.6 Å². The number of hydrogen-bond acceptors (Lipinski definition) is 5. The average molecular weight is 333 g/mol. The molecule has 0 heterocycles. The number of carbonyl (C=O) groups excluding carboxylic acids is 1. The topological polar surface area (TPSA) is 104 Å². The molecule has 0 saturated carbocycles. The van der Waals surface area contributed by atoms with E-state index in [1.165, 1.54) is 36.4 Å². The van der Waals surface area contributed by atoms with Gasteiger partial charge in [-0.05, 0) is 12.1 Å². The average Bonchev–Trinajstić information content (AvgIpc) is 2.58. The van der Waals surface area contributed by atoms with Gasteiger partial charge in [0, 0.05) is 18.2 Å². The molecule has 0 saturated heterocycles. The van der Waals surface area contributed by atoms with Crippen LogP contribution in [-0.4, -0.2) is 29.0 Å². The highest BCUT2D eigenvalue weighted by Crippen LogP contribution is 2.22. The molecule has 0 spiro atoms. The zero-order valence-electron chi connectivity index (χ0n) is 12.6. The van der Waals surface area contributed by atoms with Crippen LogP contribution in [0.1, 0.15) is 11.7 Å². The van der Waals surface area contributed by atoms with Crippen LogP contribution in [0.4, 0.5) is 15.8 Å². The lowest BCUT2D eigenvalue weighted by Gasteiger charge is -2.13. The second-order valence-electron chi connectivity index (χ2n) is 4.97. The number of anilines is 1. The van der Waals surface area contributed by atoms with Crippen molar-refractivity contribution < 1.29 is 19.2 Å². The van der Waals surface area contributed by atoms with Crippen molar-refractivity contribution in [2.45, 2.75) is 6.10 Å². The molecular weight excluding hydrogens is 317 g/mol. The van der Waals surface area contributed by atoms with Crippen LogP contribution in [-0.2, 0) is 4.79 Å². The van der Waals surface area contributed by atoms with E-state index in [-0.39, 0.29) is 30.0 Å². The first kappa shape index (κ1) is 17.4. The first-order valence-corrected chi connectivity index (χ1v) is 7.15. The van der Waals surface area contributed by atoms with Gasteiger partial charge in [-0.1, -0.05) is 30.3 Å². The van der Waals surface area contributed by atoms with Crippen LogP contribution in [0.2, 0.25) is 0 Å². The van der Waals surface area contributed by atoms with Crippen LogP contribution in [0.3, 0.4) is 0 Å². The third-order valence-electron chi connectivity index (χ3n) is 3.30. The van der Waals surface area contributed by atoms with E-state index in [0.29, 0.717) is 0 Å². The molecule has 2 rings (SSSR count). The maximum atomic E-state index is 13.5. The standard InChI is InChI=1S/C16H16FN3O4/c17-12-6-2-1-5-11(12)15(21)9-19-16(22)10-18-13-7-3-4-8-14(13)20(23)24/h1-8,15,18,21H,9-10H2,(H,19,22). The molecule has 2 aromatic rings. The Labute approximate surface area is 137 Å². The van der Waals surface area contributed by atoms with E-state index in [2.05, 4.69) is 10.6 Å². The molecule has 0 radical (unpaired) electrons. The SMILES string of the molecule is O=C(CNc1ccccc1[N+](=O)[O-])NCC(O)c1ccccc1F. The number of aliphatic hydroxyl groups excluding tert-OH is 1. The van der Waals surface area contributed by atoms with Crippen LogP contribution in [0.25, 0.3) is 0 Å². The highest BCUT2D eigenvalue weighted by molar-refractivity contribution is 5.81. The maximum Gasteiger partial charge on any atom is 0.292 e. The van der Waals surface area contributed by atoms with Crippen molar-refractivity contribution in [2.24, 2.45) is 0 Å². The van der Waals surface area contributed by atoms with Crippen molar-refractivity contribution in [3.8, 4) is 0 Å². The monoisotopic (exact) mass is 333 g/mol. The second kappa shape index (κ2) is 8.02. The highest BCUT2D eigenvalue weighted by atomic mass is 19.1. The minimum absolute atomic E-state index is 0.0875. The summed E-state index contributed by atoms with van der Waals surface area (Å²) >= 11 is 0. The Balaban J connectivity index is 1.86. The molecule has 126 valence electrons. The summed E-state index contributed by atoms with van der Waals surface area (Å²) in [6.45, 7) is -0.382. The van der Waals surface area contributed by atoms with Gasteiger partial charge in [0.1, 0.15) is 11.5 Å².